The van der Waals surface area contributed by atoms with E-state index in [2.05, 4.69) is 0 Å². The van der Waals surface area contributed by atoms with E-state index < -0.39 is 17.8 Å². The smallest absolute Gasteiger partial charge is 0.307 e. The van der Waals surface area contributed by atoms with Gasteiger partial charge in [0, 0.05) is 13.1 Å². The summed E-state index contributed by atoms with van der Waals surface area (Å²) in [4.78, 5) is 37.0. The molecular weight excluding hydrogens is 272 g/mol. The molecule has 0 bridgehead atoms. The van der Waals surface area contributed by atoms with Crippen LogP contribution in [0.2, 0.25) is 0 Å². The van der Waals surface area contributed by atoms with E-state index in [4.69, 9.17) is 5.73 Å². The van der Waals surface area contributed by atoms with E-state index in [9.17, 15) is 19.5 Å². The molecule has 0 aromatic heterocycles. The summed E-state index contributed by atoms with van der Waals surface area (Å²) in [5, 5.41) is 9.34. The highest BCUT2D eigenvalue weighted by atomic mass is 16.4. The zero-order chi connectivity index (χ0) is 15.6. The van der Waals surface area contributed by atoms with Crippen molar-refractivity contribution < 1.29 is 19.5 Å². The summed E-state index contributed by atoms with van der Waals surface area (Å²) < 4.78 is 0. The molecule has 2 amide bonds. The molecule has 3 N–H and O–H groups in total. The molecule has 6 heteroatoms. The highest BCUT2D eigenvalue weighted by molar-refractivity contribution is 5.86. The van der Waals surface area contributed by atoms with Gasteiger partial charge in [0.05, 0.1) is 17.8 Å². The van der Waals surface area contributed by atoms with Gasteiger partial charge in [0.2, 0.25) is 11.8 Å². The Morgan fingerprint density at radius 1 is 1.24 bits per heavy atom. The average molecular weight is 296 g/mol. The summed E-state index contributed by atoms with van der Waals surface area (Å²) in [6.45, 7) is 2.97. The number of primary amides is 1. The molecule has 21 heavy (non-hydrogen) atoms. The molecule has 2 aliphatic rings. The molecule has 6 nitrogen and oxygen atoms in total. The van der Waals surface area contributed by atoms with Crippen molar-refractivity contribution in [2.75, 3.05) is 13.1 Å². The third kappa shape index (κ3) is 3.36. The zero-order valence-electron chi connectivity index (χ0n) is 12.5. The number of carbonyl (C=O) groups is 3. The van der Waals surface area contributed by atoms with Crippen molar-refractivity contribution >= 4 is 17.8 Å². The van der Waals surface area contributed by atoms with Crippen molar-refractivity contribution in [3.8, 4) is 0 Å². The molecule has 4 atom stereocenters. The Bertz CT molecular complexity index is 437. The largest absolute Gasteiger partial charge is 0.481 e. The number of amides is 2. The van der Waals surface area contributed by atoms with E-state index in [1.807, 2.05) is 6.92 Å². The van der Waals surface area contributed by atoms with Gasteiger partial charge in [-0.15, -0.1) is 0 Å². The van der Waals surface area contributed by atoms with Gasteiger partial charge in [0.15, 0.2) is 0 Å². The number of nitrogens with zero attached hydrogens (tertiary/aromatic N) is 1. The Labute approximate surface area is 124 Å². The van der Waals surface area contributed by atoms with Gasteiger partial charge < -0.3 is 15.7 Å². The fourth-order valence-electron chi connectivity index (χ4n) is 3.67. The number of nitrogens with two attached hydrogens (primary N) is 1. The molecule has 118 valence electrons. The lowest BCUT2D eigenvalue weighted by Crippen LogP contribution is -2.47. The molecule has 0 spiro atoms. The van der Waals surface area contributed by atoms with Gasteiger partial charge in [0.25, 0.3) is 0 Å². The predicted octanol–water partition coefficient (Wildman–Crippen LogP) is 0.847. The van der Waals surface area contributed by atoms with Gasteiger partial charge >= 0.3 is 5.97 Å². The van der Waals surface area contributed by atoms with Crippen molar-refractivity contribution in [3.63, 3.8) is 0 Å². The fourth-order valence-corrected chi connectivity index (χ4v) is 3.67. The standard InChI is InChI=1S/C15H24N2O4/c1-2-9-6-11(12(7-9)15(20)21)14(19)17-5-3-4-10(8-17)13(16)18/h9-12H,2-8H2,1H3,(H2,16,18)(H,20,21)/t9?,10?,11-,12+/m0/s1. The summed E-state index contributed by atoms with van der Waals surface area (Å²) in [6, 6.07) is 0. The Kier molecular flexibility index (Phi) is 4.85. The Morgan fingerprint density at radius 3 is 2.48 bits per heavy atom. The SMILES string of the molecule is CCC1C[C@H](C(=O)N2CCCC(C(N)=O)C2)[C@H](C(=O)O)C1. The maximum absolute atomic E-state index is 12.7. The first-order chi connectivity index (χ1) is 9.93. The minimum Gasteiger partial charge on any atom is -0.481 e. The van der Waals surface area contributed by atoms with E-state index >= 15 is 0 Å². The lowest BCUT2D eigenvalue weighted by molar-refractivity contribution is -0.150. The predicted molar refractivity (Wildman–Crippen MR) is 76.1 cm³/mol. The topological polar surface area (TPSA) is 101 Å². The van der Waals surface area contributed by atoms with Crippen LogP contribution < -0.4 is 5.73 Å². The van der Waals surface area contributed by atoms with Crippen LogP contribution >= 0.6 is 0 Å². The number of carboxylic acid groups (broad SMARTS) is 1. The highest BCUT2D eigenvalue weighted by Crippen LogP contribution is 2.39. The van der Waals surface area contributed by atoms with E-state index in [0.29, 0.717) is 38.3 Å². The summed E-state index contributed by atoms with van der Waals surface area (Å²) >= 11 is 0. The normalized spacial score (nSPS) is 32.9. The number of likely N-dealkylation sites (tertiary alicyclic amines) is 1. The number of carbonyl (C=O) groups excluding carboxylic acids is 2. The molecule has 2 fully saturated rings. The monoisotopic (exact) mass is 296 g/mol. The summed E-state index contributed by atoms with van der Waals surface area (Å²) in [5.41, 5.74) is 5.33. The zero-order valence-corrected chi connectivity index (χ0v) is 12.5. The first-order valence-electron chi connectivity index (χ1n) is 7.74. The average Bonchev–Trinajstić information content (AvgIpc) is 2.91. The van der Waals surface area contributed by atoms with E-state index in [0.717, 1.165) is 12.8 Å². The number of rotatable bonds is 4. The number of carboxylic acids is 1. The molecule has 1 aliphatic carbocycles. The van der Waals surface area contributed by atoms with Gasteiger partial charge in [-0.05, 0) is 31.6 Å². The number of hydrogen-bond acceptors (Lipinski definition) is 3. The first kappa shape index (κ1) is 15.8. The van der Waals surface area contributed by atoms with Gasteiger partial charge in [0.1, 0.15) is 0 Å². The quantitative estimate of drug-likeness (QED) is 0.803. The molecule has 2 unspecified atom stereocenters. The lowest BCUT2D eigenvalue weighted by Gasteiger charge is -2.33. The fraction of sp³-hybridized carbons (Fsp3) is 0.800. The summed E-state index contributed by atoms with van der Waals surface area (Å²) in [7, 11) is 0. The van der Waals surface area contributed by atoms with Crippen LogP contribution in [0.4, 0.5) is 0 Å². The van der Waals surface area contributed by atoms with Crippen molar-refractivity contribution in [1.29, 1.82) is 0 Å². The van der Waals surface area contributed by atoms with Crippen LogP contribution in [-0.4, -0.2) is 40.9 Å². The van der Waals surface area contributed by atoms with Crippen molar-refractivity contribution in [3.05, 3.63) is 0 Å². The lowest BCUT2D eigenvalue weighted by atomic mass is 9.91. The Hall–Kier alpha value is -1.59. The van der Waals surface area contributed by atoms with E-state index in [-0.39, 0.29) is 17.7 Å². The third-order valence-electron chi connectivity index (χ3n) is 5.01. The highest BCUT2D eigenvalue weighted by Gasteiger charge is 2.44. The molecule has 2 rings (SSSR count). The second kappa shape index (κ2) is 6.45. The van der Waals surface area contributed by atoms with Gasteiger partial charge in [-0.2, -0.15) is 0 Å². The second-order valence-electron chi connectivity index (χ2n) is 6.32. The van der Waals surface area contributed by atoms with Crippen LogP contribution in [0.25, 0.3) is 0 Å². The summed E-state index contributed by atoms with van der Waals surface area (Å²) in [5.74, 6) is -2.39. The maximum atomic E-state index is 12.7. The van der Waals surface area contributed by atoms with Gasteiger partial charge in [-0.25, -0.2) is 0 Å². The van der Waals surface area contributed by atoms with Crippen LogP contribution in [0.15, 0.2) is 0 Å². The molecule has 1 aliphatic heterocycles. The van der Waals surface area contributed by atoms with Crippen molar-refractivity contribution in [1.82, 2.24) is 4.90 Å². The molecular formula is C15H24N2O4. The number of hydrogen-bond donors (Lipinski definition) is 2. The van der Waals surface area contributed by atoms with E-state index in [1.165, 1.54) is 0 Å². The second-order valence-corrected chi connectivity index (χ2v) is 6.32. The Balaban J connectivity index is 2.07. The maximum Gasteiger partial charge on any atom is 0.307 e. The summed E-state index contributed by atoms with van der Waals surface area (Å²) in [6.07, 6.45) is 3.58. The molecule has 0 aromatic carbocycles. The minimum absolute atomic E-state index is 0.107. The number of aliphatic carboxylic acids is 1. The molecule has 1 heterocycles. The van der Waals surface area contributed by atoms with Crippen LogP contribution in [-0.2, 0) is 14.4 Å². The molecule has 0 radical (unpaired) electrons. The molecule has 1 saturated carbocycles. The molecule has 0 aromatic rings. The third-order valence-corrected chi connectivity index (χ3v) is 5.01. The van der Waals surface area contributed by atoms with Crippen LogP contribution in [0.5, 0.6) is 0 Å². The van der Waals surface area contributed by atoms with Crippen molar-refractivity contribution in [2.45, 2.75) is 39.0 Å². The van der Waals surface area contributed by atoms with Crippen LogP contribution in [0, 0.1) is 23.7 Å². The minimum atomic E-state index is -0.882. The van der Waals surface area contributed by atoms with E-state index in [1.54, 1.807) is 4.90 Å². The Morgan fingerprint density at radius 2 is 1.90 bits per heavy atom. The molecule has 1 saturated heterocycles. The van der Waals surface area contributed by atoms with Gasteiger partial charge in [-0.1, -0.05) is 13.3 Å². The van der Waals surface area contributed by atoms with Crippen molar-refractivity contribution in [2.24, 2.45) is 29.4 Å². The van der Waals surface area contributed by atoms with Gasteiger partial charge in [-0.3, -0.25) is 14.4 Å². The van der Waals surface area contributed by atoms with Crippen LogP contribution in [0.1, 0.15) is 39.0 Å². The van der Waals surface area contributed by atoms with Crippen LogP contribution in [0.3, 0.4) is 0 Å². The first-order valence-corrected chi connectivity index (χ1v) is 7.74. The number of piperidine rings is 1.